The first-order valence-electron chi connectivity index (χ1n) is 7.59. The lowest BCUT2D eigenvalue weighted by Gasteiger charge is -2.18. The summed E-state index contributed by atoms with van der Waals surface area (Å²) >= 11 is 0. The van der Waals surface area contributed by atoms with Gasteiger partial charge in [0, 0.05) is 22.4 Å². The van der Waals surface area contributed by atoms with Gasteiger partial charge in [0.05, 0.1) is 11.4 Å². The van der Waals surface area contributed by atoms with Gasteiger partial charge >= 0.3 is 6.18 Å². The average Bonchev–Trinajstić information content (AvgIpc) is 3.05. The van der Waals surface area contributed by atoms with Crippen molar-refractivity contribution in [1.82, 2.24) is 8.87 Å². The topological polar surface area (TPSA) is 93.5 Å². The van der Waals surface area contributed by atoms with Crippen LogP contribution in [0.3, 0.4) is 0 Å². The maximum Gasteiger partial charge on any atom is 0.406 e. The van der Waals surface area contributed by atoms with Crippen molar-refractivity contribution in [3.05, 3.63) is 47.3 Å². The third-order valence-corrected chi connectivity index (χ3v) is 7.14. The van der Waals surface area contributed by atoms with Gasteiger partial charge in [0.1, 0.15) is 17.1 Å². The second-order valence-corrected chi connectivity index (χ2v) is 10.5. The molecule has 0 aliphatic carbocycles. The van der Waals surface area contributed by atoms with E-state index < -0.39 is 54.8 Å². The van der Waals surface area contributed by atoms with Crippen molar-refractivity contribution < 1.29 is 34.8 Å². The number of alkyl halides is 3. The number of hydrogen-bond acceptors (Lipinski definition) is 5. The van der Waals surface area contributed by atoms with E-state index in [0.717, 1.165) is 5.56 Å². The fraction of sp³-hybridized carbons (Fsp3) is 0.267. The first kappa shape index (κ1) is 20.7. The van der Waals surface area contributed by atoms with Crippen LogP contribution in [0, 0.1) is 6.92 Å². The van der Waals surface area contributed by atoms with Gasteiger partial charge in [0.25, 0.3) is 25.0 Å². The van der Waals surface area contributed by atoms with Crippen molar-refractivity contribution in [2.75, 3.05) is 6.54 Å². The minimum atomic E-state index is -4.75. The van der Waals surface area contributed by atoms with Crippen molar-refractivity contribution in [3.8, 4) is 0 Å². The number of amides is 1. The summed E-state index contributed by atoms with van der Waals surface area (Å²) in [5.41, 5.74) is -0.322. The molecule has 3 rings (SSSR count). The molecule has 7 nitrogen and oxygen atoms in total. The summed E-state index contributed by atoms with van der Waals surface area (Å²) in [7, 11) is -3.66. The number of aromatic nitrogens is 1. The Labute approximate surface area is 162 Å². The molecule has 1 aliphatic rings. The summed E-state index contributed by atoms with van der Waals surface area (Å²) in [5, 5.41) is 0. The SMILES string of the molecule is Cc1ccc(S(=O)(=O)n2cc(S(=O)(=O)Cl)c3c2C(=O)N(CC(F)(F)F)C3)cc1. The number of aryl methyl sites for hydroxylation is 1. The van der Waals surface area contributed by atoms with Crippen molar-refractivity contribution in [1.29, 1.82) is 0 Å². The molecule has 0 saturated heterocycles. The molecule has 0 radical (unpaired) electrons. The standard InChI is InChI=1S/C15H12ClF3N2O5S2/c1-9-2-4-10(5-3-9)28(25,26)21-7-12(27(16,23)24)11-6-20(8-15(17,18)19)14(22)13(11)21/h2-5,7H,6,8H2,1H3. The van der Waals surface area contributed by atoms with E-state index in [0.29, 0.717) is 15.1 Å². The zero-order valence-electron chi connectivity index (χ0n) is 14.1. The Kier molecular flexibility index (Phi) is 4.79. The fourth-order valence-corrected chi connectivity index (χ4v) is 5.39. The minimum absolute atomic E-state index is 0.267. The molecule has 0 bridgehead atoms. The number of carbonyl (C=O) groups is 1. The van der Waals surface area contributed by atoms with E-state index in [1.54, 1.807) is 6.92 Å². The summed E-state index contributed by atoms with van der Waals surface area (Å²) in [5.74, 6) is -1.26. The van der Waals surface area contributed by atoms with Crippen LogP contribution >= 0.6 is 10.7 Å². The zero-order valence-corrected chi connectivity index (χ0v) is 16.5. The van der Waals surface area contributed by atoms with Gasteiger partial charge in [-0.3, -0.25) is 4.79 Å². The second-order valence-electron chi connectivity index (χ2n) is 6.15. The Morgan fingerprint density at radius 2 is 1.68 bits per heavy atom. The Hall–Kier alpha value is -2.05. The molecule has 1 amide bonds. The lowest BCUT2D eigenvalue weighted by atomic mass is 10.2. The predicted molar refractivity (Wildman–Crippen MR) is 92.0 cm³/mol. The molecule has 0 spiro atoms. The van der Waals surface area contributed by atoms with E-state index in [4.69, 9.17) is 10.7 Å². The first-order valence-corrected chi connectivity index (χ1v) is 11.3. The van der Waals surface area contributed by atoms with Crippen LogP contribution in [0.15, 0.2) is 40.3 Å². The Morgan fingerprint density at radius 1 is 1.11 bits per heavy atom. The van der Waals surface area contributed by atoms with E-state index >= 15 is 0 Å². The van der Waals surface area contributed by atoms with Crippen LogP contribution in [-0.4, -0.2) is 44.3 Å². The van der Waals surface area contributed by atoms with E-state index in [1.165, 1.54) is 24.3 Å². The number of benzene rings is 1. The lowest BCUT2D eigenvalue weighted by molar-refractivity contribution is -0.141. The molecule has 1 aromatic heterocycles. The Morgan fingerprint density at radius 3 is 2.18 bits per heavy atom. The van der Waals surface area contributed by atoms with Crippen LogP contribution in [0.2, 0.25) is 0 Å². The van der Waals surface area contributed by atoms with E-state index in [1.807, 2.05) is 0 Å². The molecule has 13 heteroatoms. The monoisotopic (exact) mass is 456 g/mol. The molecule has 28 heavy (non-hydrogen) atoms. The molecule has 1 aliphatic heterocycles. The van der Waals surface area contributed by atoms with Gasteiger partial charge in [0.15, 0.2) is 0 Å². The van der Waals surface area contributed by atoms with Gasteiger partial charge in [0.2, 0.25) is 0 Å². The number of rotatable bonds is 4. The number of nitrogens with zero attached hydrogens (tertiary/aromatic N) is 2. The first-order chi connectivity index (χ1) is 12.7. The summed E-state index contributed by atoms with van der Waals surface area (Å²) in [6.07, 6.45) is -4.11. The molecule has 0 N–H and O–H groups in total. The third kappa shape index (κ3) is 3.63. The number of fused-ring (bicyclic) bond motifs is 1. The van der Waals surface area contributed by atoms with E-state index in [-0.39, 0.29) is 10.5 Å². The van der Waals surface area contributed by atoms with Gasteiger partial charge in [-0.25, -0.2) is 20.8 Å². The predicted octanol–water partition coefficient (Wildman–Crippen LogP) is 2.48. The van der Waals surface area contributed by atoms with Crippen LogP contribution in [0.5, 0.6) is 0 Å². The summed E-state index contributed by atoms with van der Waals surface area (Å²) in [6.45, 7) is -0.682. The molecule has 0 unspecified atom stereocenters. The number of halogens is 4. The fourth-order valence-electron chi connectivity index (χ4n) is 2.85. The lowest BCUT2D eigenvalue weighted by Crippen LogP contribution is -2.35. The highest BCUT2D eigenvalue weighted by Gasteiger charge is 2.44. The Bertz CT molecular complexity index is 1170. The molecule has 152 valence electrons. The molecule has 0 fully saturated rings. The van der Waals surface area contributed by atoms with Gasteiger partial charge in [-0.1, -0.05) is 17.7 Å². The maximum absolute atomic E-state index is 12.9. The molecule has 2 heterocycles. The largest absolute Gasteiger partial charge is 0.406 e. The van der Waals surface area contributed by atoms with E-state index in [2.05, 4.69) is 0 Å². The van der Waals surface area contributed by atoms with Crippen LogP contribution in [0.25, 0.3) is 0 Å². The molecular weight excluding hydrogens is 445 g/mol. The smallest absolute Gasteiger partial charge is 0.324 e. The van der Waals surface area contributed by atoms with Crippen LogP contribution < -0.4 is 0 Å². The molecule has 0 saturated carbocycles. The Balaban J connectivity index is 2.21. The van der Waals surface area contributed by atoms with Gasteiger partial charge in [-0.05, 0) is 19.1 Å². The van der Waals surface area contributed by atoms with Crippen molar-refractivity contribution in [3.63, 3.8) is 0 Å². The van der Waals surface area contributed by atoms with Crippen LogP contribution in [-0.2, 0) is 25.6 Å². The van der Waals surface area contributed by atoms with E-state index in [9.17, 15) is 34.8 Å². The van der Waals surface area contributed by atoms with Gasteiger partial charge in [-0.15, -0.1) is 0 Å². The van der Waals surface area contributed by atoms with Crippen molar-refractivity contribution in [2.24, 2.45) is 0 Å². The minimum Gasteiger partial charge on any atom is -0.324 e. The summed E-state index contributed by atoms with van der Waals surface area (Å²) in [4.78, 5) is 11.8. The average molecular weight is 457 g/mol. The summed E-state index contributed by atoms with van der Waals surface area (Å²) in [6, 6.07) is 5.43. The second kappa shape index (κ2) is 6.49. The third-order valence-electron chi connectivity index (χ3n) is 4.09. The van der Waals surface area contributed by atoms with Gasteiger partial charge < -0.3 is 4.90 Å². The molecular formula is C15H12ClF3N2O5S2. The van der Waals surface area contributed by atoms with Gasteiger partial charge in [-0.2, -0.15) is 13.2 Å². The number of carbonyl (C=O) groups excluding carboxylic acids is 1. The molecule has 1 aromatic carbocycles. The van der Waals surface area contributed by atoms with Crippen LogP contribution in [0.1, 0.15) is 21.6 Å². The normalized spacial score (nSPS) is 15.2. The quantitative estimate of drug-likeness (QED) is 0.659. The number of hydrogen-bond donors (Lipinski definition) is 0. The highest BCUT2D eigenvalue weighted by atomic mass is 35.7. The van der Waals surface area contributed by atoms with Crippen LogP contribution in [0.4, 0.5) is 13.2 Å². The highest BCUT2D eigenvalue weighted by Crippen LogP contribution is 2.36. The zero-order chi connectivity index (χ0) is 21.1. The highest BCUT2D eigenvalue weighted by molar-refractivity contribution is 8.13. The molecule has 0 atom stereocenters. The summed E-state index contributed by atoms with van der Waals surface area (Å²) < 4.78 is 88.0. The maximum atomic E-state index is 12.9. The van der Waals surface area contributed by atoms with Crippen molar-refractivity contribution >= 4 is 35.7 Å². The molecule has 2 aromatic rings. The van der Waals surface area contributed by atoms with Crippen molar-refractivity contribution in [2.45, 2.75) is 29.4 Å².